The molecule has 3 rings (SSSR count). The van der Waals surface area contributed by atoms with E-state index in [0.29, 0.717) is 10.6 Å². The average molecular weight is 382 g/mol. The Morgan fingerprint density at radius 3 is 2.44 bits per heavy atom. The molecular formula is C21H16ClNO4. The molecule has 136 valence electrons. The third kappa shape index (κ3) is 5.09. The molecule has 0 unspecified atom stereocenters. The van der Waals surface area contributed by atoms with Gasteiger partial charge < -0.3 is 14.5 Å². The van der Waals surface area contributed by atoms with Crippen molar-refractivity contribution >= 4 is 29.6 Å². The third-order valence-electron chi connectivity index (χ3n) is 3.63. The third-order valence-corrected chi connectivity index (χ3v) is 3.98. The number of hydrogen-bond acceptors (Lipinski definition) is 4. The summed E-state index contributed by atoms with van der Waals surface area (Å²) < 4.78 is 10.4. The van der Waals surface area contributed by atoms with Crippen LogP contribution in [-0.4, -0.2) is 11.9 Å². The average Bonchev–Trinajstić information content (AvgIpc) is 3.23. The van der Waals surface area contributed by atoms with Gasteiger partial charge in [0.25, 0.3) is 5.91 Å². The molecule has 0 fully saturated rings. The molecule has 0 radical (unpaired) electrons. The minimum absolute atomic E-state index is 0.0413. The van der Waals surface area contributed by atoms with E-state index in [2.05, 4.69) is 5.32 Å². The number of ether oxygens (including phenoxy) is 1. The summed E-state index contributed by atoms with van der Waals surface area (Å²) in [6.45, 7) is 0.0795. The van der Waals surface area contributed by atoms with E-state index < -0.39 is 11.9 Å². The Morgan fingerprint density at radius 2 is 1.74 bits per heavy atom. The van der Waals surface area contributed by atoms with Gasteiger partial charge in [0.1, 0.15) is 12.3 Å². The van der Waals surface area contributed by atoms with E-state index in [4.69, 9.17) is 20.8 Å². The number of halogens is 1. The molecule has 0 saturated heterocycles. The van der Waals surface area contributed by atoms with Gasteiger partial charge in [0.05, 0.1) is 6.26 Å². The molecule has 27 heavy (non-hydrogen) atoms. The van der Waals surface area contributed by atoms with Gasteiger partial charge in [0, 0.05) is 5.02 Å². The minimum atomic E-state index is -0.682. The molecule has 1 N–H and O–H groups in total. The molecule has 0 aliphatic heterocycles. The zero-order valence-corrected chi connectivity index (χ0v) is 15.0. The summed E-state index contributed by atoms with van der Waals surface area (Å²) in [5.74, 6) is -1.16. The zero-order chi connectivity index (χ0) is 19.1. The molecule has 2 aromatic carbocycles. The molecule has 3 aromatic rings. The quantitative estimate of drug-likeness (QED) is 0.506. The van der Waals surface area contributed by atoms with Crippen molar-refractivity contribution in [1.29, 1.82) is 0 Å². The van der Waals surface area contributed by atoms with Crippen molar-refractivity contribution in [2.75, 3.05) is 0 Å². The molecule has 0 saturated carbocycles. The second-order valence-electron chi connectivity index (χ2n) is 5.57. The molecule has 0 atom stereocenters. The number of amides is 1. The number of benzene rings is 2. The van der Waals surface area contributed by atoms with Crippen molar-refractivity contribution in [2.24, 2.45) is 0 Å². The van der Waals surface area contributed by atoms with Gasteiger partial charge in [-0.2, -0.15) is 0 Å². The fraction of sp³-hybridized carbons (Fsp3) is 0.0476. The Hall–Kier alpha value is -3.31. The van der Waals surface area contributed by atoms with E-state index in [9.17, 15) is 9.59 Å². The molecule has 0 bridgehead atoms. The van der Waals surface area contributed by atoms with Crippen molar-refractivity contribution in [2.45, 2.75) is 6.61 Å². The van der Waals surface area contributed by atoms with Crippen LogP contribution in [0.3, 0.4) is 0 Å². The molecular weight excluding hydrogens is 366 g/mol. The van der Waals surface area contributed by atoms with E-state index in [1.807, 2.05) is 30.3 Å². The van der Waals surface area contributed by atoms with Crippen molar-refractivity contribution in [3.8, 4) is 0 Å². The van der Waals surface area contributed by atoms with Gasteiger partial charge in [-0.15, -0.1) is 0 Å². The maximum atomic E-state index is 12.6. The molecule has 1 aromatic heterocycles. The first kappa shape index (κ1) is 18.5. The van der Waals surface area contributed by atoms with Crippen LogP contribution in [0, 0.1) is 0 Å². The predicted octanol–water partition coefficient (Wildman–Crippen LogP) is 4.45. The van der Waals surface area contributed by atoms with E-state index in [-0.39, 0.29) is 18.1 Å². The van der Waals surface area contributed by atoms with Gasteiger partial charge in [-0.25, -0.2) is 4.79 Å². The standard InChI is InChI=1S/C21H16ClNO4/c22-17-10-5-4-9-16(17)13-18(23-20(24)19-11-6-12-26-19)21(25)27-14-15-7-2-1-3-8-15/h1-13H,14H2,(H,23,24). The van der Waals surface area contributed by atoms with Gasteiger partial charge >= 0.3 is 5.97 Å². The van der Waals surface area contributed by atoms with Gasteiger partial charge in [-0.1, -0.05) is 60.1 Å². The summed E-state index contributed by atoms with van der Waals surface area (Å²) in [5.41, 5.74) is 1.37. The van der Waals surface area contributed by atoms with E-state index >= 15 is 0 Å². The Bertz CT molecular complexity index is 949. The SMILES string of the molecule is O=C(OCc1ccccc1)C(=Cc1ccccc1Cl)NC(=O)c1ccco1. The van der Waals surface area contributed by atoms with Crippen LogP contribution in [0.15, 0.2) is 83.1 Å². The highest BCUT2D eigenvalue weighted by Gasteiger charge is 2.18. The smallest absolute Gasteiger partial charge is 0.355 e. The molecule has 6 heteroatoms. The first-order valence-corrected chi connectivity index (χ1v) is 8.53. The highest BCUT2D eigenvalue weighted by atomic mass is 35.5. The molecule has 5 nitrogen and oxygen atoms in total. The summed E-state index contributed by atoms with van der Waals surface area (Å²) in [7, 11) is 0. The van der Waals surface area contributed by atoms with Crippen molar-refractivity contribution < 1.29 is 18.7 Å². The monoisotopic (exact) mass is 381 g/mol. The largest absolute Gasteiger partial charge is 0.459 e. The summed E-state index contributed by atoms with van der Waals surface area (Å²) in [6, 6.07) is 19.3. The van der Waals surface area contributed by atoms with Crippen LogP contribution in [0.4, 0.5) is 0 Å². The number of carbonyl (C=O) groups excluding carboxylic acids is 2. The predicted molar refractivity (Wildman–Crippen MR) is 102 cm³/mol. The van der Waals surface area contributed by atoms with Crippen LogP contribution in [0.2, 0.25) is 5.02 Å². The summed E-state index contributed by atoms with van der Waals surface area (Å²) >= 11 is 6.15. The lowest BCUT2D eigenvalue weighted by molar-refractivity contribution is -0.140. The summed E-state index contributed by atoms with van der Waals surface area (Å²) in [5, 5.41) is 2.97. The molecule has 0 aliphatic rings. The maximum Gasteiger partial charge on any atom is 0.355 e. The van der Waals surface area contributed by atoms with Crippen molar-refractivity contribution in [3.05, 3.63) is 101 Å². The number of hydrogen-bond donors (Lipinski definition) is 1. The van der Waals surface area contributed by atoms with Crippen molar-refractivity contribution in [3.63, 3.8) is 0 Å². The van der Waals surface area contributed by atoms with E-state index in [1.165, 1.54) is 18.4 Å². The lowest BCUT2D eigenvalue weighted by Crippen LogP contribution is -2.28. The fourth-order valence-electron chi connectivity index (χ4n) is 2.29. The number of esters is 1. The van der Waals surface area contributed by atoms with Crippen LogP contribution < -0.4 is 5.32 Å². The fourth-order valence-corrected chi connectivity index (χ4v) is 2.48. The first-order chi connectivity index (χ1) is 13.1. The second-order valence-corrected chi connectivity index (χ2v) is 5.98. The highest BCUT2D eigenvalue weighted by Crippen LogP contribution is 2.18. The van der Waals surface area contributed by atoms with Crippen LogP contribution in [0.25, 0.3) is 6.08 Å². The number of rotatable bonds is 6. The Kier molecular flexibility index (Phi) is 6.07. The molecule has 0 aliphatic carbocycles. The number of nitrogens with one attached hydrogen (secondary N) is 1. The topological polar surface area (TPSA) is 68.5 Å². The van der Waals surface area contributed by atoms with E-state index in [0.717, 1.165) is 5.56 Å². The highest BCUT2D eigenvalue weighted by molar-refractivity contribution is 6.32. The van der Waals surface area contributed by atoms with Crippen LogP contribution >= 0.6 is 11.6 Å². The van der Waals surface area contributed by atoms with Crippen molar-refractivity contribution in [1.82, 2.24) is 5.32 Å². The van der Waals surface area contributed by atoms with Gasteiger partial charge in [0.15, 0.2) is 5.76 Å². The van der Waals surface area contributed by atoms with Gasteiger partial charge in [-0.05, 0) is 35.4 Å². The summed E-state index contributed by atoms with van der Waals surface area (Å²) in [6.07, 6.45) is 2.84. The minimum Gasteiger partial charge on any atom is -0.459 e. The first-order valence-electron chi connectivity index (χ1n) is 8.15. The van der Waals surface area contributed by atoms with E-state index in [1.54, 1.807) is 30.3 Å². The number of furan rings is 1. The summed E-state index contributed by atoms with van der Waals surface area (Å²) in [4.78, 5) is 24.8. The lowest BCUT2D eigenvalue weighted by Gasteiger charge is -2.10. The molecule has 1 heterocycles. The number of carbonyl (C=O) groups is 2. The van der Waals surface area contributed by atoms with Gasteiger partial charge in [-0.3, -0.25) is 4.79 Å². The molecule has 0 spiro atoms. The maximum absolute atomic E-state index is 12.6. The lowest BCUT2D eigenvalue weighted by atomic mass is 10.2. The Balaban J connectivity index is 1.81. The zero-order valence-electron chi connectivity index (χ0n) is 14.2. The van der Waals surface area contributed by atoms with Gasteiger partial charge in [0.2, 0.25) is 0 Å². The van der Waals surface area contributed by atoms with Crippen LogP contribution in [-0.2, 0) is 16.1 Å². The van der Waals surface area contributed by atoms with Crippen LogP contribution in [0.5, 0.6) is 0 Å². The Labute approximate surface area is 161 Å². The normalized spacial score (nSPS) is 11.1. The Morgan fingerprint density at radius 1 is 1.00 bits per heavy atom. The second kappa shape index (κ2) is 8.87. The van der Waals surface area contributed by atoms with Crippen LogP contribution in [0.1, 0.15) is 21.7 Å². The molecule has 1 amide bonds.